The number of aromatic nitrogens is 1. The summed E-state index contributed by atoms with van der Waals surface area (Å²) in [6.45, 7) is 5.95. The van der Waals surface area contributed by atoms with E-state index in [-0.39, 0.29) is 5.41 Å². The molecule has 0 unspecified atom stereocenters. The number of likely N-dealkylation sites (tertiary alicyclic amines) is 2. The summed E-state index contributed by atoms with van der Waals surface area (Å²) in [7, 11) is 0. The number of aryl methyl sites for hydroxylation is 1. The Bertz CT molecular complexity index is 745. The van der Waals surface area contributed by atoms with E-state index in [2.05, 4.69) is 51.2 Å². The zero-order valence-electron chi connectivity index (χ0n) is 18.3. The number of piperidine rings is 2. The zero-order chi connectivity index (χ0) is 20.7. The van der Waals surface area contributed by atoms with Gasteiger partial charge in [-0.2, -0.15) is 0 Å². The minimum atomic E-state index is 0.0971. The molecule has 30 heavy (non-hydrogen) atoms. The Morgan fingerprint density at radius 1 is 1.00 bits per heavy atom. The van der Waals surface area contributed by atoms with Crippen LogP contribution in [-0.4, -0.2) is 58.7 Å². The summed E-state index contributed by atoms with van der Waals surface area (Å²) >= 11 is 0. The fourth-order valence-corrected chi connectivity index (χ4v) is 5.47. The van der Waals surface area contributed by atoms with Crippen molar-refractivity contribution in [1.82, 2.24) is 14.8 Å². The Labute approximate surface area is 181 Å². The predicted molar refractivity (Wildman–Crippen MR) is 122 cm³/mol. The number of hydrogen-bond donors (Lipinski definition) is 1. The van der Waals surface area contributed by atoms with Crippen molar-refractivity contribution in [2.45, 2.75) is 57.5 Å². The standard InChI is InChI=1S/C26H37N3O/c30-22-26(13-4-9-23-7-2-1-3-8-23)14-6-16-29(21-26)25-11-17-28(18-12-25)20-24-10-5-15-27-19-24/h1-3,5,7-8,10,15,19,25,30H,4,6,9,11-14,16-18,20-22H2/t26-/m1/s1. The molecular weight excluding hydrogens is 370 g/mol. The third-order valence-electron chi connectivity index (χ3n) is 7.24. The molecule has 2 aromatic rings. The molecular formula is C26H37N3O. The first-order chi connectivity index (χ1) is 14.8. The van der Waals surface area contributed by atoms with Crippen molar-refractivity contribution in [1.29, 1.82) is 0 Å². The quantitative estimate of drug-likeness (QED) is 0.714. The van der Waals surface area contributed by atoms with Crippen LogP contribution in [-0.2, 0) is 13.0 Å². The van der Waals surface area contributed by atoms with E-state index in [1.165, 1.54) is 49.8 Å². The van der Waals surface area contributed by atoms with Gasteiger partial charge >= 0.3 is 0 Å². The van der Waals surface area contributed by atoms with Crippen LogP contribution in [0.25, 0.3) is 0 Å². The molecule has 0 saturated carbocycles. The molecule has 3 heterocycles. The van der Waals surface area contributed by atoms with Gasteiger partial charge in [-0.3, -0.25) is 14.8 Å². The van der Waals surface area contributed by atoms with E-state index in [9.17, 15) is 5.11 Å². The molecule has 162 valence electrons. The predicted octanol–water partition coefficient (Wildman–Crippen LogP) is 4.14. The third-order valence-corrected chi connectivity index (χ3v) is 7.24. The van der Waals surface area contributed by atoms with Gasteiger partial charge in [0, 0.05) is 43.5 Å². The Balaban J connectivity index is 1.26. The van der Waals surface area contributed by atoms with E-state index in [0.29, 0.717) is 12.6 Å². The van der Waals surface area contributed by atoms with E-state index in [0.717, 1.165) is 39.0 Å². The van der Waals surface area contributed by atoms with Gasteiger partial charge in [0.2, 0.25) is 0 Å². The van der Waals surface area contributed by atoms with Crippen LogP contribution in [0.2, 0.25) is 0 Å². The Hall–Kier alpha value is -1.75. The highest BCUT2D eigenvalue weighted by molar-refractivity contribution is 5.14. The van der Waals surface area contributed by atoms with E-state index >= 15 is 0 Å². The van der Waals surface area contributed by atoms with Crippen molar-refractivity contribution in [2.24, 2.45) is 5.41 Å². The minimum absolute atomic E-state index is 0.0971. The Morgan fingerprint density at radius 2 is 1.80 bits per heavy atom. The molecule has 2 aliphatic heterocycles. The van der Waals surface area contributed by atoms with Gasteiger partial charge in [0.15, 0.2) is 0 Å². The number of rotatable bonds is 8. The summed E-state index contributed by atoms with van der Waals surface area (Å²) < 4.78 is 0. The molecule has 4 heteroatoms. The van der Waals surface area contributed by atoms with Crippen molar-refractivity contribution < 1.29 is 5.11 Å². The topological polar surface area (TPSA) is 39.6 Å². The fraction of sp³-hybridized carbons (Fsp3) is 0.577. The third kappa shape index (κ3) is 5.69. The van der Waals surface area contributed by atoms with Gasteiger partial charge in [0.1, 0.15) is 0 Å². The average Bonchev–Trinajstić information content (AvgIpc) is 2.81. The Morgan fingerprint density at radius 3 is 2.53 bits per heavy atom. The second-order valence-corrected chi connectivity index (χ2v) is 9.44. The fourth-order valence-electron chi connectivity index (χ4n) is 5.47. The summed E-state index contributed by atoms with van der Waals surface area (Å²) in [6.07, 6.45) is 12.1. The number of pyridine rings is 1. The first kappa shape index (κ1) is 21.5. The monoisotopic (exact) mass is 407 g/mol. The highest BCUT2D eigenvalue weighted by Crippen LogP contribution is 2.36. The van der Waals surface area contributed by atoms with Crippen LogP contribution < -0.4 is 0 Å². The lowest BCUT2D eigenvalue weighted by Gasteiger charge is -2.47. The molecule has 1 N–H and O–H groups in total. The van der Waals surface area contributed by atoms with Gasteiger partial charge in [0.05, 0.1) is 0 Å². The number of hydrogen-bond acceptors (Lipinski definition) is 4. The molecule has 1 atom stereocenters. The number of benzene rings is 1. The average molecular weight is 408 g/mol. The molecule has 4 rings (SSSR count). The maximum Gasteiger partial charge on any atom is 0.0499 e. The summed E-state index contributed by atoms with van der Waals surface area (Å²) in [4.78, 5) is 9.53. The van der Waals surface area contributed by atoms with Crippen LogP contribution in [0.1, 0.15) is 49.7 Å². The largest absolute Gasteiger partial charge is 0.396 e. The molecule has 2 fully saturated rings. The molecule has 0 amide bonds. The maximum absolute atomic E-state index is 10.3. The van der Waals surface area contributed by atoms with E-state index in [1.54, 1.807) is 0 Å². The first-order valence-corrected chi connectivity index (χ1v) is 11.8. The van der Waals surface area contributed by atoms with Crippen molar-refractivity contribution >= 4 is 0 Å². The van der Waals surface area contributed by atoms with Crippen molar-refractivity contribution in [3.63, 3.8) is 0 Å². The normalized spacial score (nSPS) is 24.2. The van der Waals surface area contributed by atoms with Gasteiger partial charge in [0.25, 0.3) is 0 Å². The Kier molecular flexibility index (Phi) is 7.53. The van der Waals surface area contributed by atoms with Gasteiger partial charge in [-0.1, -0.05) is 36.4 Å². The van der Waals surface area contributed by atoms with Crippen LogP contribution in [0.5, 0.6) is 0 Å². The van der Waals surface area contributed by atoms with Crippen LogP contribution in [0.15, 0.2) is 54.9 Å². The summed E-state index contributed by atoms with van der Waals surface area (Å²) in [5.74, 6) is 0. The van der Waals surface area contributed by atoms with Gasteiger partial charge < -0.3 is 5.11 Å². The molecule has 2 aliphatic rings. The maximum atomic E-state index is 10.3. The van der Waals surface area contributed by atoms with Crippen LogP contribution in [0.4, 0.5) is 0 Å². The molecule has 0 aliphatic carbocycles. The summed E-state index contributed by atoms with van der Waals surface area (Å²) in [6, 6.07) is 15.7. The molecule has 2 saturated heterocycles. The van der Waals surface area contributed by atoms with E-state index in [1.807, 2.05) is 18.5 Å². The smallest absolute Gasteiger partial charge is 0.0499 e. The molecule has 4 nitrogen and oxygen atoms in total. The number of nitrogens with zero attached hydrogens (tertiary/aromatic N) is 3. The first-order valence-electron chi connectivity index (χ1n) is 11.8. The summed E-state index contributed by atoms with van der Waals surface area (Å²) in [5.41, 5.74) is 2.82. The lowest BCUT2D eigenvalue weighted by Crippen LogP contribution is -2.52. The molecule has 0 bridgehead atoms. The highest BCUT2D eigenvalue weighted by atomic mass is 16.3. The lowest BCUT2D eigenvalue weighted by atomic mass is 9.75. The van der Waals surface area contributed by atoms with Gasteiger partial charge in [-0.15, -0.1) is 0 Å². The molecule has 1 aromatic carbocycles. The van der Waals surface area contributed by atoms with E-state index in [4.69, 9.17) is 0 Å². The SMILES string of the molecule is OC[C@]1(CCCc2ccccc2)CCCN(C2CCN(Cc3cccnc3)CC2)C1. The summed E-state index contributed by atoms with van der Waals surface area (Å²) in [5, 5.41) is 10.3. The van der Waals surface area contributed by atoms with Crippen LogP contribution in [0.3, 0.4) is 0 Å². The van der Waals surface area contributed by atoms with Gasteiger partial charge in [-0.05, 0) is 81.8 Å². The van der Waals surface area contributed by atoms with Crippen molar-refractivity contribution in [3.8, 4) is 0 Å². The van der Waals surface area contributed by atoms with Crippen molar-refractivity contribution in [2.75, 3.05) is 32.8 Å². The number of aliphatic hydroxyl groups is 1. The van der Waals surface area contributed by atoms with Gasteiger partial charge in [-0.25, -0.2) is 0 Å². The van der Waals surface area contributed by atoms with Crippen LogP contribution >= 0.6 is 0 Å². The van der Waals surface area contributed by atoms with Crippen molar-refractivity contribution in [3.05, 3.63) is 66.0 Å². The second-order valence-electron chi connectivity index (χ2n) is 9.44. The minimum Gasteiger partial charge on any atom is -0.396 e. The zero-order valence-corrected chi connectivity index (χ0v) is 18.3. The molecule has 1 aromatic heterocycles. The molecule has 0 radical (unpaired) electrons. The van der Waals surface area contributed by atoms with Crippen LogP contribution in [0, 0.1) is 5.41 Å². The lowest BCUT2D eigenvalue weighted by molar-refractivity contribution is -0.00918. The number of aliphatic hydroxyl groups excluding tert-OH is 1. The van der Waals surface area contributed by atoms with E-state index < -0.39 is 0 Å². The highest BCUT2D eigenvalue weighted by Gasteiger charge is 2.37. The second kappa shape index (κ2) is 10.5. The molecule has 0 spiro atoms.